The fraction of sp³-hybridized carbons (Fsp3) is 0.611. The number of carbonyl (C=O) groups is 1. The average Bonchev–Trinajstić information content (AvgIpc) is 2.56. The number of nitrogens with zero attached hydrogens (tertiary/aromatic N) is 1. The number of nitrogens with two attached hydrogens (primary N) is 1. The van der Waals surface area contributed by atoms with Crippen LogP contribution in [0.4, 0.5) is 0 Å². The predicted octanol–water partition coefficient (Wildman–Crippen LogP) is 3.11. The van der Waals surface area contributed by atoms with E-state index in [-0.39, 0.29) is 24.4 Å². The summed E-state index contributed by atoms with van der Waals surface area (Å²) in [6, 6.07) is 5.51. The normalized spacial score (nSPS) is 20.2. The lowest BCUT2D eigenvalue weighted by Gasteiger charge is -2.39. The second kappa shape index (κ2) is 9.74. The van der Waals surface area contributed by atoms with Crippen molar-refractivity contribution in [1.82, 2.24) is 4.90 Å². The number of rotatable bonds is 6. The lowest BCUT2D eigenvalue weighted by molar-refractivity contribution is 0.0532. The van der Waals surface area contributed by atoms with Gasteiger partial charge in [0.1, 0.15) is 0 Å². The molecule has 1 amide bonds. The Bertz CT molecular complexity index is 539. The largest absolute Gasteiger partial charge is 0.490 e. The number of ether oxygens (including phenoxy) is 2. The van der Waals surface area contributed by atoms with E-state index in [0.29, 0.717) is 42.7 Å². The summed E-state index contributed by atoms with van der Waals surface area (Å²) in [5, 5.41) is 0. The van der Waals surface area contributed by atoms with Crippen molar-refractivity contribution < 1.29 is 14.3 Å². The molecular weight excluding hydrogens is 328 g/mol. The van der Waals surface area contributed by atoms with Gasteiger partial charge < -0.3 is 20.1 Å². The average molecular weight is 357 g/mol. The van der Waals surface area contributed by atoms with E-state index in [1.54, 1.807) is 6.07 Å². The third-order valence-electron chi connectivity index (χ3n) is 4.41. The first-order chi connectivity index (χ1) is 11.1. The smallest absolute Gasteiger partial charge is 0.254 e. The van der Waals surface area contributed by atoms with Crippen LogP contribution < -0.4 is 15.2 Å². The van der Waals surface area contributed by atoms with E-state index >= 15 is 0 Å². The van der Waals surface area contributed by atoms with E-state index in [2.05, 4.69) is 6.92 Å². The standard InChI is InChI=1S/C18H28N2O3.ClH/c1-4-22-16-9-8-14(11-17(16)23-5-2)18(21)20-10-6-7-13(3)15(20)12-19;/h8-9,11,13,15H,4-7,10,12,19H2,1-3H3;1H. The molecule has 1 aromatic carbocycles. The van der Waals surface area contributed by atoms with E-state index in [0.717, 1.165) is 19.4 Å². The van der Waals surface area contributed by atoms with E-state index in [9.17, 15) is 4.79 Å². The number of benzene rings is 1. The van der Waals surface area contributed by atoms with E-state index in [1.165, 1.54) is 0 Å². The Morgan fingerprint density at radius 2 is 1.92 bits per heavy atom. The minimum absolute atomic E-state index is 0. The Hall–Kier alpha value is -1.46. The van der Waals surface area contributed by atoms with Crippen molar-refractivity contribution in [3.63, 3.8) is 0 Å². The van der Waals surface area contributed by atoms with Gasteiger partial charge in [0.15, 0.2) is 11.5 Å². The molecule has 6 heteroatoms. The van der Waals surface area contributed by atoms with Crippen molar-refractivity contribution in [2.45, 2.75) is 39.7 Å². The van der Waals surface area contributed by atoms with Gasteiger partial charge in [0.05, 0.1) is 13.2 Å². The second-order valence-electron chi connectivity index (χ2n) is 5.95. The molecule has 0 saturated carbocycles. The molecule has 2 atom stereocenters. The van der Waals surface area contributed by atoms with Gasteiger partial charge in [-0.2, -0.15) is 0 Å². The van der Waals surface area contributed by atoms with Crippen LogP contribution in [0.15, 0.2) is 18.2 Å². The van der Waals surface area contributed by atoms with Crippen molar-refractivity contribution in [3.8, 4) is 11.5 Å². The number of piperidine rings is 1. The first kappa shape index (κ1) is 20.6. The highest BCUT2D eigenvalue weighted by Crippen LogP contribution is 2.30. The summed E-state index contributed by atoms with van der Waals surface area (Å²) in [6.45, 7) is 8.37. The first-order valence-corrected chi connectivity index (χ1v) is 8.53. The summed E-state index contributed by atoms with van der Waals surface area (Å²) in [5.74, 6) is 1.76. The first-order valence-electron chi connectivity index (χ1n) is 8.53. The highest BCUT2D eigenvalue weighted by atomic mass is 35.5. The van der Waals surface area contributed by atoms with Gasteiger partial charge in [-0.3, -0.25) is 4.79 Å². The van der Waals surface area contributed by atoms with Crippen molar-refractivity contribution in [1.29, 1.82) is 0 Å². The summed E-state index contributed by atoms with van der Waals surface area (Å²) in [4.78, 5) is 14.8. The van der Waals surface area contributed by atoms with Gasteiger partial charge >= 0.3 is 0 Å². The maximum Gasteiger partial charge on any atom is 0.254 e. The van der Waals surface area contributed by atoms with Crippen LogP contribution in [-0.4, -0.2) is 43.2 Å². The molecular formula is C18H29ClN2O3. The summed E-state index contributed by atoms with van der Waals surface area (Å²) < 4.78 is 11.2. The number of likely N-dealkylation sites (tertiary alicyclic amines) is 1. The summed E-state index contributed by atoms with van der Waals surface area (Å²) in [6.07, 6.45) is 2.15. The van der Waals surface area contributed by atoms with Crippen LogP contribution in [0.1, 0.15) is 44.0 Å². The number of amides is 1. The Balaban J connectivity index is 0.00000288. The highest BCUT2D eigenvalue weighted by Gasteiger charge is 2.31. The van der Waals surface area contributed by atoms with Gasteiger partial charge in [0.2, 0.25) is 0 Å². The Morgan fingerprint density at radius 3 is 2.54 bits per heavy atom. The van der Waals surface area contributed by atoms with Gasteiger partial charge in [0.25, 0.3) is 5.91 Å². The fourth-order valence-corrected chi connectivity index (χ4v) is 3.21. The molecule has 2 rings (SSSR count). The zero-order valence-corrected chi connectivity index (χ0v) is 15.6. The van der Waals surface area contributed by atoms with Gasteiger partial charge in [-0.05, 0) is 50.8 Å². The van der Waals surface area contributed by atoms with Crippen LogP contribution in [0.25, 0.3) is 0 Å². The maximum atomic E-state index is 12.9. The van der Waals surface area contributed by atoms with Crippen LogP contribution in [0, 0.1) is 5.92 Å². The number of hydrogen-bond donors (Lipinski definition) is 1. The number of carbonyl (C=O) groups excluding carboxylic acids is 1. The van der Waals surface area contributed by atoms with E-state index in [4.69, 9.17) is 15.2 Å². The molecule has 1 aliphatic rings. The van der Waals surface area contributed by atoms with Crippen molar-refractivity contribution in [2.24, 2.45) is 11.7 Å². The summed E-state index contributed by atoms with van der Waals surface area (Å²) >= 11 is 0. The molecule has 1 saturated heterocycles. The SMILES string of the molecule is CCOc1ccc(C(=O)N2CCCC(C)C2CN)cc1OCC.Cl. The number of hydrogen-bond acceptors (Lipinski definition) is 4. The van der Waals surface area contributed by atoms with E-state index in [1.807, 2.05) is 30.9 Å². The third kappa shape index (κ3) is 4.54. The maximum absolute atomic E-state index is 12.9. The third-order valence-corrected chi connectivity index (χ3v) is 4.41. The Labute approximate surface area is 150 Å². The Kier molecular flexibility index (Phi) is 8.36. The molecule has 2 N–H and O–H groups in total. The van der Waals surface area contributed by atoms with Crippen molar-refractivity contribution in [3.05, 3.63) is 23.8 Å². The molecule has 136 valence electrons. The van der Waals surface area contributed by atoms with Crippen LogP contribution in [0.5, 0.6) is 11.5 Å². The second-order valence-corrected chi connectivity index (χ2v) is 5.95. The molecule has 0 spiro atoms. The molecule has 2 unspecified atom stereocenters. The molecule has 0 bridgehead atoms. The lowest BCUT2D eigenvalue weighted by Crippen LogP contribution is -2.51. The topological polar surface area (TPSA) is 64.8 Å². The van der Waals surface area contributed by atoms with E-state index < -0.39 is 0 Å². The summed E-state index contributed by atoms with van der Waals surface area (Å²) in [7, 11) is 0. The zero-order chi connectivity index (χ0) is 16.8. The molecule has 0 aromatic heterocycles. The van der Waals surface area contributed by atoms with Crippen LogP contribution in [-0.2, 0) is 0 Å². The van der Waals surface area contributed by atoms with Gasteiger partial charge in [-0.25, -0.2) is 0 Å². The molecule has 1 heterocycles. The monoisotopic (exact) mass is 356 g/mol. The zero-order valence-electron chi connectivity index (χ0n) is 14.8. The molecule has 5 nitrogen and oxygen atoms in total. The molecule has 1 aliphatic heterocycles. The quantitative estimate of drug-likeness (QED) is 0.850. The minimum atomic E-state index is 0. The summed E-state index contributed by atoms with van der Waals surface area (Å²) in [5.41, 5.74) is 6.53. The Morgan fingerprint density at radius 1 is 1.25 bits per heavy atom. The highest BCUT2D eigenvalue weighted by molar-refractivity contribution is 5.95. The van der Waals surface area contributed by atoms with Crippen LogP contribution in [0.3, 0.4) is 0 Å². The predicted molar refractivity (Wildman–Crippen MR) is 98.3 cm³/mol. The number of halogens is 1. The van der Waals surface area contributed by atoms with Crippen molar-refractivity contribution >= 4 is 18.3 Å². The molecule has 0 radical (unpaired) electrons. The van der Waals surface area contributed by atoms with Gasteiger partial charge in [0, 0.05) is 24.7 Å². The molecule has 1 fully saturated rings. The fourth-order valence-electron chi connectivity index (χ4n) is 3.21. The minimum Gasteiger partial charge on any atom is -0.490 e. The van der Waals surface area contributed by atoms with Gasteiger partial charge in [-0.1, -0.05) is 6.92 Å². The molecule has 1 aromatic rings. The lowest BCUT2D eigenvalue weighted by atomic mass is 9.90. The van der Waals surface area contributed by atoms with Crippen LogP contribution in [0.2, 0.25) is 0 Å². The van der Waals surface area contributed by atoms with Crippen LogP contribution >= 0.6 is 12.4 Å². The van der Waals surface area contributed by atoms with Gasteiger partial charge in [-0.15, -0.1) is 12.4 Å². The molecule has 0 aliphatic carbocycles. The van der Waals surface area contributed by atoms with Crippen molar-refractivity contribution in [2.75, 3.05) is 26.3 Å². The molecule has 24 heavy (non-hydrogen) atoms.